The summed E-state index contributed by atoms with van der Waals surface area (Å²) in [7, 11) is 0. The van der Waals surface area contributed by atoms with Crippen molar-refractivity contribution in [2.24, 2.45) is 0 Å². The summed E-state index contributed by atoms with van der Waals surface area (Å²) in [6.07, 6.45) is 4.50. The van der Waals surface area contributed by atoms with E-state index in [1.807, 2.05) is 0 Å². The van der Waals surface area contributed by atoms with Gasteiger partial charge in [-0.25, -0.2) is 0 Å². The number of piperidine rings is 1. The zero-order chi connectivity index (χ0) is 14.1. The molecule has 0 saturated carbocycles. The third-order valence-electron chi connectivity index (χ3n) is 4.36. The lowest BCUT2D eigenvalue weighted by atomic mass is 9.99. The third kappa shape index (κ3) is 2.75. The van der Waals surface area contributed by atoms with Crippen molar-refractivity contribution in [1.29, 1.82) is 0 Å². The van der Waals surface area contributed by atoms with Gasteiger partial charge in [0, 0.05) is 29.3 Å². The van der Waals surface area contributed by atoms with E-state index in [0.717, 1.165) is 12.8 Å². The van der Waals surface area contributed by atoms with Crippen LogP contribution in [0.2, 0.25) is 0 Å². The van der Waals surface area contributed by atoms with E-state index in [0.29, 0.717) is 23.2 Å². The first-order valence-corrected chi connectivity index (χ1v) is 7.30. The van der Waals surface area contributed by atoms with Gasteiger partial charge >= 0.3 is 0 Å². The lowest BCUT2D eigenvalue weighted by Gasteiger charge is -2.29. The molecule has 2 atom stereocenters. The molecule has 20 heavy (non-hydrogen) atoms. The molecule has 2 saturated heterocycles. The zero-order valence-electron chi connectivity index (χ0n) is 11.7. The summed E-state index contributed by atoms with van der Waals surface area (Å²) in [5.41, 5.74) is 1.27. The number of nitrogens with one attached hydrogen (secondary N) is 2. The molecular formula is C16H20N2O2. The van der Waals surface area contributed by atoms with E-state index in [-0.39, 0.29) is 17.7 Å². The highest BCUT2D eigenvalue weighted by Crippen LogP contribution is 2.26. The van der Waals surface area contributed by atoms with Gasteiger partial charge in [-0.2, -0.15) is 0 Å². The Hall–Kier alpha value is -1.68. The second-order valence-corrected chi connectivity index (χ2v) is 5.91. The normalized spacial score (nSPS) is 28.1. The molecule has 2 unspecified atom stereocenters. The fourth-order valence-electron chi connectivity index (χ4n) is 3.30. The Morgan fingerprint density at radius 3 is 2.15 bits per heavy atom. The van der Waals surface area contributed by atoms with E-state index < -0.39 is 0 Å². The topological polar surface area (TPSA) is 58.2 Å². The lowest BCUT2D eigenvalue weighted by molar-refractivity contribution is 0.0922. The molecule has 2 heterocycles. The van der Waals surface area contributed by atoms with Gasteiger partial charge in [-0.3, -0.25) is 9.59 Å². The summed E-state index contributed by atoms with van der Waals surface area (Å²) in [5, 5.41) is 6.69. The maximum atomic E-state index is 12.2. The Labute approximate surface area is 118 Å². The van der Waals surface area contributed by atoms with Crippen molar-refractivity contribution in [3.8, 4) is 0 Å². The number of carbonyl (C=O) groups excluding carboxylic acids is 2. The number of ketones is 1. The van der Waals surface area contributed by atoms with Crippen LogP contribution in [0.1, 0.15) is 53.3 Å². The molecule has 4 heteroatoms. The van der Waals surface area contributed by atoms with Crippen LogP contribution in [0.5, 0.6) is 0 Å². The second-order valence-electron chi connectivity index (χ2n) is 5.91. The van der Waals surface area contributed by atoms with Crippen LogP contribution >= 0.6 is 0 Å². The van der Waals surface area contributed by atoms with Crippen LogP contribution in [0.15, 0.2) is 24.3 Å². The molecule has 1 amide bonds. The zero-order valence-corrected chi connectivity index (χ0v) is 11.7. The standard InChI is InChI=1S/C16H20N2O2/c1-10(19)11-2-4-12(5-3-11)16(20)18-15-8-13-6-7-14(9-15)17-13/h2-5,13-15,17H,6-9H2,1H3,(H,18,20). The summed E-state index contributed by atoms with van der Waals surface area (Å²) in [5.74, 6) is -0.0155. The molecule has 1 aromatic rings. The van der Waals surface area contributed by atoms with Gasteiger partial charge in [-0.15, -0.1) is 0 Å². The van der Waals surface area contributed by atoms with E-state index in [1.165, 1.54) is 19.8 Å². The molecule has 2 fully saturated rings. The van der Waals surface area contributed by atoms with Gasteiger partial charge in [0.25, 0.3) is 5.91 Å². The molecule has 2 aliphatic heterocycles. The van der Waals surface area contributed by atoms with E-state index in [9.17, 15) is 9.59 Å². The van der Waals surface area contributed by atoms with Crippen molar-refractivity contribution in [1.82, 2.24) is 10.6 Å². The molecule has 0 aliphatic carbocycles. The third-order valence-corrected chi connectivity index (χ3v) is 4.36. The second kappa shape index (κ2) is 5.37. The van der Waals surface area contributed by atoms with Gasteiger partial charge in [0.05, 0.1) is 0 Å². The van der Waals surface area contributed by atoms with Crippen molar-refractivity contribution < 1.29 is 9.59 Å². The highest BCUT2D eigenvalue weighted by molar-refractivity contribution is 5.97. The van der Waals surface area contributed by atoms with Crippen LogP contribution in [0.25, 0.3) is 0 Å². The minimum atomic E-state index is -0.0357. The summed E-state index contributed by atoms with van der Waals surface area (Å²) >= 11 is 0. The first-order valence-electron chi connectivity index (χ1n) is 7.30. The Balaban J connectivity index is 1.62. The minimum Gasteiger partial charge on any atom is -0.349 e. The van der Waals surface area contributed by atoms with Crippen molar-refractivity contribution >= 4 is 11.7 Å². The maximum absolute atomic E-state index is 12.2. The minimum absolute atomic E-state index is 0.0203. The Morgan fingerprint density at radius 1 is 1.05 bits per heavy atom. The number of rotatable bonds is 3. The number of benzene rings is 1. The van der Waals surface area contributed by atoms with E-state index in [1.54, 1.807) is 24.3 Å². The lowest BCUT2D eigenvalue weighted by Crippen LogP contribution is -2.48. The molecule has 3 rings (SSSR count). The molecule has 0 radical (unpaired) electrons. The average molecular weight is 272 g/mol. The largest absolute Gasteiger partial charge is 0.349 e. The number of Topliss-reactive ketones (excluding diaryl/α,β-unsaturated/α-hetero) is 1. The summed E-state index contributed by atoms with van der Waals surface area (Å²) < 4.78 is 0. The quantitative estimate of drug-likeness (QED) is 0.826. The number of hydrogen-bond donors (Lipinski definition) is 2. The molecule has 2 aliphatic rings. The Morgan fingerprint density at radius 2 is 1.60 bits per heavy atom. The van der Waals surface area contributed by atoms with Gasteiger partial charge < -0.3 is 10.6 Å². The Bertz CT molecular complexity index is 512. The molecule has 4 nitrogen and oxygen atoms in total. The van der Waals surface area contributed by atoms with Crippen molar-refractivity contribution in [3.05, 3.63) is 35.4 Å². The first kappa shape index (κ1) is 13.3. The van der Waals surface area contributed by atoms with Gasteiger partial charge in [0.2, 0.25) is 0 Å². The maximum Gasteiger partial charge on any atom is 0.251 e. The predicted molar refractivity (Wildman–Crippen MR) is 76.9 cm³/mol. The SMILES string of the molecule is CC(=O)c1ccc(C(=O)NC2CC3CCC(C2)N3)cc1. The van der Waals surface area contributed by atoms with Crippen LogP contribution in [-0.4, -0.2) is 29.8 Å². The van der Waals surface area contributed by atoms with Gasteiger partial charge in [0.1, 0.15) is 0 Å². The van der Waals surface area contributed by atoms with E-state index >= 15 is 0 Å². The Kier molecular flexibility index (Phi) is 3.57. The summed E-state index contributed by atoms with van der Waals surface area (Å²) in [6, 6.07) is 8.28. The van der Waals surface area contributed by atoms with Gasteiger partial charge in [0.15, 0.2) is 5.78 Å². The van der Waals surface area contributed by atoms with Crippen LogP contribution in [0, 0.1) is 0 Å². The first-order chi connectivity index (χ1) is 9.61. The van der Waals surface area contributed by atoms with Crippen LogP contribution in [0.4, 0.5) is 0 Å². The average Bonchev–Trinajstić information content (AvgIpc) is 2.78. The van der Waals surface area contributed by atoms with Crippen molar-refractivity contribution in [2.45, 2.75) is 50.7 Å². The smallest absolute Gasteiger partial charge is 0.251 e. The summed E-state index contributed by atoms with van der Waals surface area (Å²) in [6.45, 7) is 1.53. The summed E-state index contributed by atoms with van der Waals surface area (Å²) in [4.78, 5) is 23.4. The molecule has 0 aromatic heterocycles. The highest BCUT2D eigenvalue weighted by Gasteiger charge is 2.34. The fraction of sp³-hybridized carbons (Fsp3) is 0.500. The number of fused-ring (bicyclic) bond motifs is 2. The predicted octanol–water partition coefficient (Wildman–Crippen LogP) is 1.90. The van der Waals surface area contributed by atoms with Crippen LogP contribution < -0.4 is 10.6 Å². The van der Waals surface area contributed by atoms with Gasteiger partial charge in [-0.05, 0) is 44.7 Å². The van der Waals surface area contributed by atoms with Gasteiger partial charge in [-0.1, -0.05) is 12.1 Å². The number of hydrogen-bond acceptors (Lipinski definition) is 3. The molecule has 1 aromatic carbocycles. The van der Waals surface area contributed by atoms with Crippen molar-refractivity contribution in [2.75, 3.05) is 0 Å². The molecule has 0 spiro atoms. The van der Waals surface area contributed by atoms with E-state index in [4.69, 9.17) is 0 Å². The van der Waals surface area contributed by atoms with Crippen LogP contribution in [0.3, 0.4) is 0 Å². The van der Waals surface area contributed by atoms with Crippen molar-refractivity contribution in [3.63, 3.8) is 0 Å². The highest BCUT2D eigenvalue weighted by atomic mass is 16.1. The molecule has 2 bridgehead atoms. The monoisotopic (exact) mass is 272 g/mol. The number of amides is 1. The van der Waals surface area contributed by atoms with Crippen LogP contribution in [-0.2, 0) is 0 Å². The molecule has 106 valence electrons. The van der Waals surface area contributed by atoms with E-state index in [2.05, 4.69) is 10.6 Å². The number of carbonyl (C=O) groups is 2. The fourth-order valence-corrected chi connectivity index (χ4v) is 3.30. The molecule has 2 N–H and O–H groups in total. The molecular weight excluding hydrogens is 252 g/mol.